The van der Waals surface area contributed by atoms with Crippen molar-refractivity contribution in [2.45, 2.75) is 9.79 Å². The van der Waals surface area contributed by atoms with Crippen LogP contribution < -0.4 is 75.4 Å². The van der Waals surface area contributed by atoms with Crippen LogP contribution in [0.2, 0.25) is 0 Å². The average molecular weight is 793 g/mol. The predicted molar refractivity (Wildman–Crippen MR) is 180 cm³/mol. The molecule has 0 atom stereocenters. The summed E-state index contributed by atoms with van der Waals surface area (Å²) >= 11 is 4.25. The van der Waals surface area contributed by atoms with Crippen LogP contribution in [0.1, 0.15) is 63.7 Å². The first-order valence-electron chi connectivity index (χ1n) is 13.7. The van der Waals surface area contributed by atoms with Crippen LogP contribution in [0.25, 0.3) is 0 Å². The molecule has 21 heteroatoms. The second-order valence-corrected chi connectivity index (χ2v) is 10.2. The van der Waals surface area contributed by atoms with Crippen LogP contribution in [0.15, 0.2) is 94.7 Å². The number of rotatable bonds is 6. The zero-order chi connectivity index (χ0) is 35.8. The number of ketones is 4. The molecular formula is C30H24N2Na4O12S3. The SMILES string of the molecule is CN.C[N+](=O)[O-].O=C1c2ccccc2C(=O)c2cc(SOO[O-])ccc21.O=C1c2ccccc2C(=O)c2cc(SOO[O-])ccc21.S.[Na+].[Na+].[Na][Na]. The quantitative estimate of drug-likeness (QED) is 0.0562. The third-order valence-electron chi connectivity index (χ3n) is 6.11. The Morgan fingerprint density at radius 1 is 0.569 bits per heavy atom. The Labute approximate surface area is 380 Å². The molecule has 0 unspecified atom stereocenters. The maximum absolute atomic E-state index is 12.4. The van der Waals surface area contributed by atoms with E-state index in [1.54, 1.807) is 72.8 Å². The molecule has 0 heterocycles. The summed E-state index contributed by atoms with van der Waals surface area (Å²) in [5.74, 6) is -0.818. The number of nitrogens with two attached hydrogens (primary N) is 1. The normalized spacial score (nSPS) is 11.0. The molecule has 2 aliphatic carbocycles. The van der Waals surface area contributed by atoms with Crippen molar-refractivity contribution in [2.75, 3.05) is 14.1 Å². The first-order chi connectivity index (χ1) is 23.2. The van der Waals surface area contributed by atoms with Crippen LogP contribution in [0.3, 0.4) is 0 Å². The molecule has 0 saturated heterocycles. The second kappa shape index (κ2) is 28.2. The van der Waals surface area contributed by atoms with Crippen molar-refractivity contribution >= 4 is 104 Å². The molecule has 6 rings (SSSR count). The van der Waals surface area contributed by atoms with E-state index in [9.17, 15) is 29.7 Å². The van der Waals surface area contributed by atoms with Crippen molar-refractivity contribution < 1.29 is 112 Å². The van der Waals surface area contributed by atoms with Crippen LogP contribution in [0.4, 0.5) is 0 Å². The molecule has 0 bridgehead atoms. The Morgan fingerprint density at radius 3 is 1.06 bits per heavy atom. The molecule has 0 saturated carbocycles. The van der Waals surface area contributed by atoms with Gasteiger partial charge in [0.1, 0.15) is 0 Å². The fourth-order valence-electron chi connectivity index (χ4n) is 4.37. The number of carbonyl (C=O) groups is 4. The van der Waals surface area contributed by atoms with Gasteiger partial charge in [0.15, 0.2) is 30.2 Å². The van der Waals surface area contributed by atoms with E-state index in [1.165, 1.54) is 62.8 Å². The molecule has 14 nitrogen and oxygen atoms in total. The summed E-state index contributed by atoms with van der Waals surface area (Å²) in [5.41, 5.74) is 7.37. The predicted octanol–water partition coefficient (Wildman–Crippen LogP) is -3.79. The van der Waals surface area contributed by atoms with E-state index in [0.29, 0.717) is 78.4 Å². The van der Waals surface area contributed by atoms with E-state index in [2.05, 4.69) is 24.5 Å². The van der Waals surface area contributed by atoms with Gasteiger partial charge in [0, 0.05) is 59.2 Å². The summed E-state index contributed by atoms with van der Waals surface area (Å²) in [6.45, 7) is 0. The molecular weight excluding hydrogens is 768 g/mol. The van der Waals surface area contributed by atoms with Gasteiger partial charge < -0.3 is 16.2 Å². The van der Waals surface area contributed by atoms with Crippen molar-refractivity contribution in [1.82, 2.24) is 0 Å². The molecule has 4 aromatic rings. The number of hydrogen-bond acceptors (Lipinski definition) is 15. The fraction of sp³-hybridized carbons (Fsp3) is 0.0667. The third kappa shape index (κ3) is 14.7. The molecule has 0 aliphatic heterocycles. The number of nitro groups is 1. The van der Waals surface area contributed by atoms with E-state index in [4.69, 9.17) is 10.1 Å². The van der Waals surface area contributed by atoms with Gasteiger partial charge in [0.05, 0.1) is 24.1 Å². The zero-order valence-electron chi connectivity index (χ0n) is 28.3. The Kier molecular flexibility index (Phi) is 29.2. The van der Waals surface area contributed by atoms with Gasteiger partial charge in [-0.1, -0.05) is 48.5 Å². The van der Waals surface area contributed by atoms with E-state index < -0.39 is 4.92 Å². The van der Waals surface area contributed by atoms with Crippen molar-refractivity contribution in [3.05, 3.63) is 140 Å². The topological polar surface area (TPSA) is 220 Å². The molecule has 0 spiro atoms. The molecule has 0 amide bonds. The number of fused-ring (bicyclic) bond motifs is 4. The van der Waals surface area contributed by atoms with Crippen molar-refractivity contribution in [3.63, 3.8) is 0 Å². The molecule has 248 valence electrons. The Bertz CT molecular complexity index is 1680. The molecule has 0 fully saturated rings. The van der Waals surface area contributed by atoms with Gasteiger partial charge in [0.25, 0.3) is 0 Å². The van der Waals surface area contributed by atoms with Gasteiger partial charge in [-0.3, -0.25) is 39.4 Å². The molecule has 51 heavy (non-hydrogen) atoms. The van der Waals surface area contributed by atoms with Crippen LogP contribution in [0, 0.1) is 10.1 Å². The third-order valence-corrected chi connectivity index (χ3v) is 7.25. The minimum atomic E-state index is -0.500. The summed E-state index contributed by atoms with van der Waals surface area (Å²) < 4.78 is 8.41. The van der Waals surface area contributed by atoms with E-state index in [1.807, 2.05) is 0 Å². The Hall–Kier alpha value is -0.270. The number of benzene rings is 4. The summed E-state index contributed by atoms with van der Waals surface area (Å²) in [6.07, 6.45) is 0. The van der Waals surface area contributed by atoms with Gasteiger partial charge in [-0.2, -0.15) is 22.2 Å². The number of nitrogens with zero attached hydrogens (tertiary/aromatic N) is 1. The Morgan fingerprint density at radius 2 is 0.804 bits per heavy atom. The van der Waals surface area contributed by atoms with Gasteiger partial charge >= 0.3 is 103 Å². The van der Waals surface area contributed by atoms with Crippen molar-refractivity contribution in [3.8, 4) is 0 Å². The summed E-state index contributed by atoms with van der Waals surface area (Å²) in [5, 5.41) is 34.9. The van der Waals surface area contributed by atoms with E-state index >= 15 is 0 Å². The molecule has 4 aromatic carbocycles. The van der Waals surface area contributed by atoms with E-state index in [-0.39, 0.29) is 95.7 Å². The van der Waals surface area contributed by atoms with Crippen molar-refractivity contribution in [2.24, 2.45) is 5.73 Å². The average Bonchev–Trinajstić information content (AvgIpc) is 3.12. The standard InChI is InChI=1S/2C14H8O5S.CH3NO2.CH5N.4Na.H2S/c2*15-13-9-3-1-2-4-10(9)14(16)12-7-8(20-19-18-17)5-6-11(12)13;1-2(3)4;1-2;;;;;/h2*1-7,17H;1H3;2H2,1H3;;;;;1H2/q;;;;;;2*+1;/p-2. The first-order valence-corrected chi connectivity index (χ1v) is 23.2. The minimum absolute atomic E-state index is 0. The fourth-order valence-corrected chi connectivity index (χ4v) is 5.16. The maximum atomic E-state index is 12.4. The van der Waals surface area contributed by atoms with Gasteiger partial charge in [-0.05, 0) is 43.4 Å². The zero-order valence-corrected chi connectivity index (χ0v) is 39.0. The monoisotopic (exact) mass is 792 g/mol. The van der Waals surface area contributed by atoms with E-state index in [0.717, 1.165) is 7.05 Å². The van der Waals surface area contributed by atoms with Gasteiger partial charge in [-0.15, -0.1) is 0 Å². The number of hydrogen-bond donors (Lipinski definition) is 1. The molecule has 0 radical (unpaired) electrons. The first kappa shape index (κ1) is 52.8. The van der Waals surface area contributed by atoms with Crippen LogP contribution in [-0.4, -0.2) is 85.8 Å². The molecule has 2 N–H and O–H groups in total. The second-order valence-electron chi connectivity index (χ2n) is 8.70. The van der Waals surface area contributed by atoms with Gasteiger partial charge in [-0.25, -0.2) is 0 Å². The molecule has 2 aliphatic rings. The van der Waals surface area contributed by atoms with Crippen LogP contribution in [0.5, 0.6) is 0 Å². The van der Waals surface area contributed by atoms with Crippen molar-refractivity contribution in [1.29, 1.82) is 0 Å². The molecule has 0 aromatic heterocycles. The summed E-state index contributed by atoms with van der Waals surface area (Å²) in [7, 11) is 2.39. The van der Waals surface area contributed by atoms with Gasteiger partial charge in [0.2, 0.25) is 0 Å². The van der Waals surface area contributed by atoms with Crippen LogP contribution in [-0.2, 0) is 18.7 Å². The summed E-state index contributed by atoms with van der Waals surface area (Å²) in [4.78, 5) is 58.7. The Balaban J connectivity index is 0. The number of carbonyl (C=O) groups excluding carboxylic acids is 4. The van der Waals surface area contributed by atoms with Crippen LogP contribution >= 0.6 is 37.6 Å². The summed E-state index contributed by atoms with van der Waals surface area (Å²) in [6, 6.07) is 22.6.